The van der Waals surface area contributed by atoms with Crippen molar-refractivity contribution < 1.29 is 8.78 Å². The van der Waals surface area contributed by atoms with E-state index < -0.39 is 11.6 Å². The van der Waals surface area contributed by atoms with Gasteiger partial charge in [0.05, 0.1) is 0 Å². The highest BCUT2D eigenvalue weighted by Gasteiger charge is 2.41. The van der Waals surface area contributed by atoms with E-state index in [1.54, 1.807) is 6.07 Å². The first-order valence-corrected chi connectivity index (χ1v) is 7.44. The zero-order valence-electron chi connectivity index (χ0n) is 12.1. The minimum Gasteiger partial charge on any atom is -0.313 e. The summed E-state index contributed by atoms with van der Waals surface area (Å²) in [5.74, 6) is -1.02. The third-order valence-corrected chi connectivity index (χ3v) is 5.22. The maximum atomic E-state index is 13.5. The number of fused-ring (bicyclic) bond motifs is 2. The van der Waals surface area contributed by atoms with Crippen molar-refractivity contribution in [2.45, 2.75) is 43.8 Å². The molecule has 0 radical (unpaired) electrons. The molecule has 0 aromatic heterocycles. The molecule has 3 atom stereocenters. The van der Waals surface area contributed by atoms with Crippen LogP contribution in [0.4, 0.5) is 8.78 Å². The lowest BCUT2D eigenvalue weighted by atomic mass is 9.82. The number of hydrogen-bond acceptors (Lipinski definition) is 2. The number of hydrogen-bond donors (Lipinski definition) is 1. The Morgan fingerprint density at radius 1 is 1.15 bits per heavy atom. The van der Waals surface area contributed by atoms with Crippen molar-refractivity contribution in [2.75, 3.05) is 14.1 Å². The van der Waals surface area contributed by atoms with E-state index in [0.29, 0.717) is 18.0 Å². The Labute approximate surface area is 119 Å². The average Bonchev–Trinajstić information content (AvgIpc) is 2.65. The van der Waals surface area contributed by atoms with Gasteiger partial charge in [0.15, 0.2) is 11.6 Å². The molecule has 2 saturated heterocycles. The van der Waals surface area contributed by atoms with E-state index in [-0.39, 0.29) is 6.04 Å². The van der Waals surface area contributed by atoms with Crippen LogP contribution in [0.25, 0.3) is 0 Å². The van der Waals surface area contributed by atoms with E-state index >= 15 is 0 Å². The molecule has 2 bridgehead atoms. The summed E-state index contributed by atoms with van der Waals surface area (Å²) in [6.07, 6.45) is 4.81. The van der Waals surface area contributed by atoms with E-state index in [1.165, 1.54) is 25.0 Å². The SMILES string of the molecule is CNC(c1ccc(F)c(F)c1)C1CC2CCC(C1)N2C. The molecular formula is C16H22F2N2. The number of benzene rings is 1. The number of halogens is 2. The summed E-state index contributed by atoms with van der Waals surface area (Å²) >= 11 is 0. The number of rotatable bonds is 3. The van der Waals surface area contributed by atoms with Crippen molar-refractivity contribution in [3.05, 3.63) is 35.4 Å². The summed E-state index contributed by atoms with van der Waals surface area (Å²) in [5, 5.41) is 3.31. The zero-order chi connectivity index (χ0) is 14.3. The van der Waals surface area contributed by atoms with E-state index in [4.69, 9.17) is 0 Å². The Hall–Kier alpha value is -1.00. The molecule has 3 rings (SSSR count). The molecule has 110 valence electrons. The maximum Gasteiger partial charge on any atom is 0.159 e. The predicted octanol–water partition coefficient (Wildman–Crippen LogP) is 3.10. The highest BCUT2D eigenvalue weighted by Crippen LogP contribution is 2.42. The van der Waals surface area contributed by atoms with Crippen LogP contribution < -0.4 is 5.32 Å². The summed E-state index contributed by atoms with van der Waals surface area (Å²) < 4.78 is 26.6. The third kappa shape index (κ3) is 2.35. The Morgan fingerprint density at radius 3 is 2.35 bits per heavy atom. The zero-order valence-corrected chi connectivity index (χ0v) is 12.1. The molecule has 0 amide bonds. The van der Waals surface area contributed by atoms with Crippen LogP contribution in [-0.4, -0.2) is 31.1 Å². The van der Waals surface area contributed by atoms with Crippen LogP contribution in [0.15, 0.2) is 18.2 Å². The van der Waals surface area contributed by atoms with Gasteiger partial charge in [0.2, 0.25) is 0 Å². The summed E-state index contributed by atoms with van der Waals surface area (Å²) in [4.78, 5) is 2.49. The van der Waals surface area contributed by atoms with Gasteiger partial charge in [0.25, 0.3) is 0 Å². The Bertz CT molecular complexity index is 477. The lowest BCUT2D eigenvalue weighted by Crippen LogP contribution is -2.43. The minimum atomic E-state index is -0.771. The molecule has 2 heterocycles. The van der Waals surface area contributed by atoms with E-state index in [1.807, 2.05) is 7.05 Å². The second-order valence-electron chi connectivity index (χ2n) is 6.22. The van der Waals surface area contributed by atoms with Gasteiger partial charge in [0.1, 0.15) is 0 Å². The highest BCUT2D eigenvalue weighted by molar-refractivity contribution is 5.22. The van der Waals surface area contributed by atoms with Gasteiger partial charge in [-0.25, -0.2) is 8.78 Å². The second kappa shape index (κ2) is 5.41. The Morgan fingerprint density at radius 2 is 1.80 bits per heavy atom. The van der Waals surface area contributed by atoms with Crippen molar-refractivity contribution in [3.8, 4) is 0 Å². The fourth-order valence-electron chi connectivity index (χ4n) is 4.11. The van der Waals surface area contributed by atoms with Crippen LogP contribution in [0.3, 0.4) is 0 Å². The summed E-state index contributed by atoms with van der Waals surface area (Å²) in [6.45, 7) is 0. The molecule has 0 aliphatic carbocycles. The van der Waals surface area contributed by atoms with Crippen molar-refractivity contribution in [3.63, 3.8) is 0 Å². The topological polar surface area (TPSA) is 15.3 Å². The monoisotopic (exact) mass is 280 g/mol. The van der Waals surface area contributed by atoms with E-state index in [0.717, 1.165) is 18.4 Å². The Balaban J connectivity index is 1.81. The van der Waals surface area contributed by atoms with Crippen LogP contribution in [0.1, 0.15) is 37.3 Å². The minimum absolute atomic E-state index is 0.113. The van der Waals surface area contributed by atoms with E-state index in [2.05, 4.69) is 17.3 Å². The fourth-order valence-corrected chi connectivity index (χ4v) is 4.11. The third-order valence-electron chi connectivity index (χ3n) is 5.22. The predicted molar refractivity (Wildman–Crippen MR) is 75.5 cm³/mol. The standard InChI is InChI=1S/C16H22F2N2/c1-19-16(10-3-6-14(17)15(18)9-10)11-7-12-4-5-13(8-11)20(12)2/h3,6,9,11-13,16,19H,4-5,7-8H2,1-2H3. The first kappa shape index (κ1) is 14.0. The summed E-state index contributed by atoms with van der Waals surface area (Å²) in [6, 6.07) is 5.71. The van der Waals surface area contributed by atoms with Gasteiger partial charge in [0, 0.05) is 18.1 Å². The van der Waals surface area contributed by atoms with Crippen molar-refractivity contribution in [2.24, 2.45) is 5.92 Å². The van der Waals surface area contributed by atoms with Gasteiger partial charge in [-0.05, 0) is 63.4 Å². The van der Waals surface area contributed by atoms with Gasteiger partial charge < -0.3 is 10.2 Å². The quantitative estimate of drug-likeness (QED) is 0.915. The van der Waals surface area contributed by atoms with Gasteiger partial charge >= 0.3 is 0 Å². The molecule has 0 saturated carbocycles. The van der Waals surface area contributed by atoms with Crippen LogP contribution in [-0.2, 0) is 0 Å². The van der Waals surface area contributed by atoms with Gasteiger partial charge in [-0.15, -0.1) is 0 Å². The second-order valence-corrected chi connectivity index (χ2v) is 6.22. The highest BCUT2D eigenvalue weighted by atomic mass is 19.2. The van der Waals surface area contributed by atoms with Crippen LogP contribution in [0.2, 0.25) is 0 Å². The van der Waals surface area contributed by atoms with Gasteiger partial charge in [-0.3, -0.25) is 0 Å². The number of piperidine rings is 1. The van der Waals surface area contributed by atoms with Crippen LogP contribution >= 0.6 is 0 Å². The molecule has 2 nitrogen and oxygen atoms in total. The molecule has 4 heteroatoms. The van der Waals surface area contributed by atoms with Crippen molar-refractivity contribution in [1.29, 1.82) is 0 Å². The average molecular weight is 280 g/mol. The summed E-state index contributed by atoms with van der Waals surface area (Å²) in [5.41, 5.74) is 0.861. The largest absolute Gasteiger partial charge is 0.313 e. The molecule has 1 aromatic rings. The molecule has 1 N–H and O–H groups in total. The molecule has 1 aromatic carbocycles. The Kier molecular flexibility index (Phi) is 3.78. The van der Waals surface area contributed by atoms with Crippen molar-refractivity contribution in [1.82, 2.24) is 10.2 Å². The normalized spacial score (nSPS) is 31.5. The molecule has 0 spiro atoms. The molecule has 2 aliphatic heterocycles. The molecule has 2 fully saturated rings. The number of nitrogens with one attached hydrogen (secondary N) is 1. The molecule has 2 aliphatic rings. The van der Waals surface area contributed by atoms with Gasteiger partial charge in [-0.2, -0.15) is 0 Å². The first-order chi connectivity index (χ1) is 9.60. The van der Waals surface area contributed by atoms with Gasteiger partial charge in [-0.1, -0.05) is 6.07 Å². The lowest BCUT2D eigenvalue weighted by Gasteiger charge is -2.40. The maximum absolute atomic E-state index is 13.5. The molecular weight excluding hydrogens is 258 g/mol. The first-order valence-electron chi connectivity index (χ1n) is 7.44. The smallest absolute Gasteiger partial charge is 0.159 e. The van der Waals surface area contributed by atoms with Crippen molar-refractivity contribution >= 4 is 0 Å². The molecule has 3 unspecified atom stereocenters. The van der Waals surface area contributed by atoms with Crippen LogP contribution in [0, 0.1) is 17.6 Å². The number of nitrogens with zero attached hydrogens (tertiary/aromatic N) is 1. The molecule has 20 heavy (non-hydrogen) atoms. The fraction of sp³-hybridized carbons (Fsp3) is 0.625. The van der Waals surface area contributed by atoms with E-state index in [9.17, 15) is 8.78 Å². The summed E-state index contributed by atoms with van der Waals surface area (Å²) in [7, 11) is 4.12. The van der Waals surface area contributed by atoms with Crippen LogP contribution in [0.5, 0.6) is 0 Å². The lowest BCUT2D eigenvalue weighted by molar-refractivity contribution is 0.114.